The van der Waals surface area contributed by atoms with Crippen LogP contribution in [0.2, 0.25) is 0 Å². The van der Waals surface area contributed by atoms with Crippen LogP contribution in [0.5, 0.6) is 0 Å². The molecule has 1 aliphatic heterocycles. The Bertz CT molecular complexity index is 1040. The number of aliphatic hydroxyl groups is 1. The molecule has 0 atom stereocenters. The Morgan fingerprint density at radius 1 is 0.897 bits per heavy atom. The highest BCUT2D eigenvalue weighted by molar-refractivity contribution is 5.86. The third kappa shape index (κ3) is 4.20. The first-order valence-electron chi connectivity index (χ1n) is 10.5. The largest absolute Gasteiger partial charge is 0.392 e. The number of rotatable bonds is 4. The van der Waals surface area contributed by atoms with Gasteiger partial charge in [0.05, 0.1) is 17.8 Å². The molecule has 4 nitrogen and oxygen atoms in total. The number of pyridine rings is 1. The van der Waals surface area contributed by atoms with Crippen molar-refractivity contribution in [3.63, 3.8) is 0 Å². The van der Waals surface area contributed by atoms with Crippen molar-refractivity contribution in [1.29, 1.82) is 0 Å². The number of hydrogen-bond acceptors (Lipinski definition) is 4. The molecular formula is C25H31N3O. The van der Waals surface area contributed by atoms with Crippen LogP contribution in [0.4, 0.5) is 0 Å². The predicted octanol–water partition coefficient (Wildman–Crippen LogP) is 4.07. The van der Waals surface area contributed by atoms with E-state index in [0.29, 0.717) is 0 Å². The second-order valence-electron chi connectivity index (χ2n) is 8.51. The zero-order valence-corrected chi connectivity index (χ0v) is 18.0. The zero-order chi connectivity index (χ0) is 20.5. The molecule has 0 radical (unpaired) electrons. The van der Waals surface area contributed by atoms with E-state index < -0.39 is 0 Å². The number of benzene rings is 2. The van der Waals surface area contributed by atoms with Gasteiger partial charge in [-0.05, 0) is 73.8 Å². The van der Waals surface area contributed by atoms with Crippen LogP contribution in [0.25, 0.3) is 22.2 Å². The van der Waals surface area contributed by atoms with Gasteiger partial charge in [-0.2, -0.15) is 0 Å². The van der Waals surface area contributed by atoms with Crippen molar-refractivity contribution in [3.8, 4) is 11.3 Å². The van der Waals surface area contributed by atoms with Gasteiger partial charge in [-0.3, -0.25) is 4.90 Å². The molecule has 29 heavy (non-hydrogen) atoms. The number of aryl methyl sites for hydroxylation is 3. The summed E-state index contributed by atoms with van der Waals surface area (Å²) in [7, 11) is 2.20. The molecule has 1 fully saturated rings. The maximum absolute atomic E-state index is 9.50. The molecule has 0 spiro atoms. The molecular weight excluding hydrogens is 358 g/mol. The van der Waals surface area contributed by atoms with E-state index in [0.717, 1.165) is 54.9 Å². The van der Waals surface area contributed by atoms with Crippen LogP contribution in [-0.2, 0) is 13.2 Å². The molecule has 152 valence electrons. The van der Waals surface area contributed by atoms with Gasteiger partial charge in [-0.15, -0.1) is 0 Å². The summed E-state index contributed by atoms with van der Waals surface area (Å²) in [6, 6.07) is 12.9. The molecule has 1 aromatic heterocycles. The lowest BCUT2D eigenvalue weighted by atomic mass is 9.95. The van der Waals surface area contributed by atoms with Crippen LogP contribution in [0.1, 0.15) is 27.8 Å². The first-order chi connectivity index (χ1) is 13.9. The van der Waals surface area contributed by atoms with Crippen LogP contribution in [0.15, 0.2) is 36.4 Å². The van der Waals surface area contributed by atoms with Crippen molar-refractivity contribution in [3.05, 3.63) is 64.2 Å². The van der Waals surface area contributed by atoms with Crippen molar-refractivity contribution >= 4 is 10.9 Å². The highest BCUT2D eigenvalue weighted by Gasteiger charge is 2.16. The first kappa shape index (κ1) is 20.0. The summed E-state index contributed by atoms with van der Waals surface area (Å²) in [5.74, 6) is 0. The number of nitrogens with zero attached hydrogens (tertiary/aromatic N) is 3. The summed E-state index contributed by atoms with van der Waals surface area (Å²) >= 11 is 0. The summed E-state index contributed by atoms with van der Waals surface area (Å²) in [4.78, 5) is 9.92. The molecule has 1 saturated heterocycles. The number of fused-ring (bicyclic) bond motifs is 1. The van der Waals surface area contributed by atoms with Crippen LogP contribution in [0.3, 0.4) is 0 Å². The summed E-state index contributed by atoms with van der Waals surface area (Å²) < 4.78 is 0. The minimum absolute atomic E-state index is 0.0413. The predicted molar refractivity (Wildman–Crippen MR) is 120 cm³/mol. The normalized spacial score (nSPS) is 15.9. The molecule has 2 heterocycles. The van der Waals surface area contributed by atoms with Gasteiger partial charge in [0, 0.05) is 43.7 Å². The summed E-state index contributed by atoms with van der Waals surface area (Å²) in [6.07, 6.45) is 0. The van der Waals surface area contributed by atoms with Gasteiger partial charge in [-0.1, -0.05) is 18.2 Å². The second kappa shape index (κ2) is 8.23. The van der Waals surface area contributed by atoms with Gasteiger partial charge in [-0.25, -0.2) is 4.98 Å². The fraction of sp³-hybridized carbons (Fsp3) is 0.400. The number of aliphatic hydroxyl groups excluding tert-OH is 1. The van der Waals surface area contributed by atoms with E-state index in [4.69, 9.17) is 4.98 Å². The van der Waals surface area contributed by atoms with Gasteiger partial charge >= 0.3 is 0 Å². The van der Waals surface area contributed by atoms with Crippen molar-refractivity contribution in [2.24, 2.45) is 0 Å². The minimum Gasteiger partial charge on any atom is -0.392 e. The molecule has 1 N–H and O–H groups in total. The first-order valence-corrected chi connectivity index (χ1v) is 10.5. The lowest BCUT2D eigenvalue weighted by molar-refractivity contribution is 0.148. The molecule has 4 rings (SSSR count). The van der Waals surface area contributed by atoms with Crippen LogP contribution in [-0.4, -0.2) is 53.1 Å². The minimum atomic E-state index is 0.0413. The molecule has 4 heteroatoms. The molecule has 0 unspecified atom stereocenters. The highest BCUT2D eigenvalue weighted by Crippen LogP contribution is 2.30. The fourth-order valence-electron chi connectivity index (χ4n) is 4.27. The van der Waals surface area contributed by atoms with E-state index in [2.05, 4.69) is 61.9 Å². The standard InChI is InChI=1S/C25H31N3O/c1-17-11-18(2)23(14-21(17)15-28-9-7-27(4)8-10-28)24-12-19(3)22-6-5-20(16-29)13-25(22)26-24/h5-6,11-14,29H,7-10,15-16H2,1-4H3. The lowest BCUT2D eigenvalue weighted by Gasteiger charge is -2.32. The Kier molecular flexibility index (Phi) is 5.68. The number of likely N-dealkylation sites (N-methyl/N-ethyl adjacent to an activating group) is 1. The molecule has 0 bridgehead atoms. The van der Waals surface area contributed by atoms with Crippen LogP contribution in [0, 0.1) is 20.8 Å². The van der Waals surface area contributed by atoms with Crippen LogP contribution < -0.4 is 0 Å². The zero-order valence-electron chi connectivity index (χ0n) is 18.0. The average Bonchev–Trinajstić information content (AvgIpc) is 2.71. The van der Waals surface area contributed by atoms with Crippen molar-refractivity contribution in [2.45, 2.75) is 33.9 Å². The third-order valence-corrected chi connectivity index (χ3v) is 6.21. The Balaban J connectivity index is 1.72. The Morgan fingerprint density at radius 3 is 2.38 bits per heavy atom. The second-order valence-corrected chi connectivity index (χ2v) is 8.51. The van der Waals surface area contributed by atoms with Gasteiger partial charge < -0.3 is 10.0 Å². The van der Waals surface area contributed by atoms with Crippen LogP contribution >= 0.6 is 0 Å². The third-order valence-electron chi connectivity index (χ3n) is 6.21. The maximum Gasteiger partial charge on any atom is 0.0715 e. The van der Waals surface area contributed by atoms with E-state index in [1.807, 2.05) is 12.1 Å². The van der Waals surface area contributed by atoms with E-state index >= 15 is 0 Å². The molecule has 0 aliphatic carbocycles. The topological polar surface area (TPSA) is 39.6 Å². The Labute approximate surface area is 173 Å². The monoisotopic (exact) mass is 389 g/mol. The van der Waals surface area contributed by atoms with Gasteiger partial charge in [0.1, 0.15) is 0 Å². The Hall–Kier alpha value is -2.27. The van der Waals surface area contributed by atoms with E-state index in [1.54, 1.807) is 0 Å². The number of hydrogen-bond donors (Lipinski definition) is 1. The summed E-state index contributed by atoms with van der Waals surface area (Å²) in [5, 5.41) is 10.6. The van der Waals surface area contributed by atoms with Gasteiger partial charge in [0.2, 0.25) is 0 Å². The quantitative estimate of drug-likeness (QED) is 0.730. The SMILES string of the molecule is Cc1cc(C)c(-c2cc(C)c3ccc(CO)cc3n2)cc1CN1CCN(C)CC1. The molecule has 0 amide bonds. The smallest absolute Gasteiger partial charge is 0.0715 e. The number of piperazine rings is 1. The summed E-state index contributed by atoms with van der Waals surface area (Å²) in [5.41, 5.74) is 9.29. The van der Waals surface area contributed by atoms with Crippen molar-refractivity contribution in [2.75, 3.05) is 33.2 Å². The Morgan fingerprint density at radius 2 is 1.66 bits per heavy atom. The van der Waals surface area contributed by atoms with E-state index in [1.165, 1.54) is 27.8 Å². The number of aromatic nitrogens is 1. The van der Waals surface area contributed by atoms with E-state index in [-0.39, 0.29) is 6.61 Å². The molecule has 3 aromatic rings. The summed E-state index contributed by atoms with van der Waals surface area (Å²) in [6.45, 7) is 12.1. The average molecular weight is 390 g/mol. The molecule has 2 aromatic carbocycles. The maximum atomic E-state index is 9.50. The van der Waals surface area contributed by atoms with E-state index in [9.17, 15) is 5.11 Å². The van der Waals surface area contributed by atoms with Crippen molar-refractivity contribution in [1.82, 2.24) is 14.8 Å². The highest BCUT2D eigenvalue weighted by atomic mass is 16.3. The van der Waals surface area contributed by atoms with Gasteiger partial charge in [0.15, 0.2) is 0 Å². The lowest BCUT2D eigenvalue weighted by Crippen LogP contribution is -2.43. The molecule has 0 saturated carbocycles. The van der Waals surface area contributed by atoms with Crippen molar-refractivity contribution < 1.29 is 5.11 Å². The molecule has 1 aliphatic rings. The fourth-order valence-corrected chi connectivity index (χ4v) is 4.27. The van der Waals surface area contributed by atoms with Gasteiger partial charge in [0.25, 0.3) is 0 Å².